The first-order chi connectivity index (χ1) is 17.7. The summed E-state index contributed by atoms with van der Waals surface area (Å²) in [6, 6.07) is 5.67. The normalized spacial score (nSPS) is 48.2. The molecule has 6 saturated heterocycles. The van der Waals surface area contributed by atoms with Gasteiger partial charge in [-0.15, -0.1) is 0 Å². The summed E-state index contributed by atoms with van der Waals surface area (Å²) >= 11 is 0. The second kappa shape index (κ2) is 12.1. The lowest BCUT2D eigenvalue weighted by Gasteiger charge is -2.34. The highest BCUT2D eigenvalue weighted by Crippen LogP contribution is 2.41. The summed E-state index contributed by atoms with van der Waals surface area (Å²) in [4.78, 5) is 10.2. The van der Waals surface area contributed by atoms with Crippen molar-refractivity contribution in [2.75, 3.05) is 41.3 Å². The van der Waals surface area contributed by atoms with E-state index in [1.807, 2.05) is 0 Å². The van der Waals surface area contributed by atoms with Crippen molar-refractivity contribution in [3.63, 3.8) is 0 Å². The van der Waals surface area contributed by atoms with E-state index < -0.39 is 0 Å². The first kappa shape index (κ1) is 28.4. The minimum atomic E-state index is 0.939. The van der Waals surface area contributed by atoms with Crippen LogP contribution in [-0.2, 0) is 0 Å². The summed E-state index contributed by atoms with van der Waals surface area (Å²) in [5, 5.41) is 0. The third-order valence-corrected chi connectivity index (χ3v) is 12.6. The number of piperidine rings is 4. The summed E-state index contributed by atoms with van der Waals surface area (Å²) in [7, 11) is 9.12. The molecule has 4 nitrogen and oxygen atoms in total. The molecule has 2 saturated carbocycles. The third kappa shape index (κ3) is 6.44. The van der Waals surface area contributed by atoms with Crippen LogP contribution in [0.15, 0.2) is 0 Å². The lowest BCUT2D eigenvalue weighted by molar-refractivity contribution is 0.142. The zero-order valence-corrected chi connectivity index (χ0v) is 25.7. The summed E-state index contributed by atoms with van der Waals surface area (Å²) in [5.74, 6) is 5.10. The van der Waals surface area contributed by atoms with Gasteiger partial charge < -0.3 is 19.6 Å². The van der Waals surface area contributed by atoms with Gasteiger partial charge in [-0.3, -0.25) is 0 Å². The first-order valence-electron chi connectivity index (χ1n) is 16.5. The zero-order valence-electron chi connectivity index (χ0n) is 25.7. The Morgan fingerprint density at radius 3 is 1.19 bits per heavy atom. The zero-order chi connectivity index (χ0) is 26.3. The van der Waals surface area contributed by atoms with Gasteiger partial charge in [-0.2, -0.15) is 0 Å². The maximum atomic E-state index is 2.60. The Morgan fingerprint density at radius 2 is 0.946 bits per heavy atom. The highest BCUT2D eigenvalue weighted by Gasteiger charge is 2.42. The smallest absolute Gasteiger partial charge is 0.0121 e. The summed E-state index contributed by atoms with van der Waals surface area (Å²) in [5.41, 5.74) is 0. The van der Waals surface area contributed by atoms with Gasteiger partial charge >= 0.3 is 0 Å². The molecule has 4 heteroatoms. The van der Waals surface area contributed by atoms with Gasteiger partial charge in [-0.05, 0) is 141 Å². The van der Waals surface area contributed by atoms with Crippen LogP contribution in [0.25, 0.3) is 0 Å². The first-order valence-corrected chi connectivity index (χ1v) is 16.5. The van der Waals surface area contributed by atoms with E-state index in [-0.39, 0.29) is 0 Å². The van der Waals surface area contributed by atoms with Gasteiger partial charge in [0.25, 0.3) is 0 Å². The Bertz CT molecular complexity index is 665. The van der Waals surface area contributed by atoms with E-state index in [9.17, 15) is 0 Å². The highest BCUT2D eigenvalue weighted by molar-refractivity contribution is 4.96. The molecule has 8 bridgehead atoms. The third-order valence-electron chi connectivity index (χ3n) is 12.6. The van der Waals surface area contributed by atoms with E-state index in [1.54, 1.807) is 0 Å². The van der Waals surface area contributed by atoms with Crippen LogP contribution >= 0.6 is 0 Å². The van der Waals surface area contributed by atoms with E-state index in [2.05, 4.69) is 68.6 Å². The highest BCUT2D eigenvalue weighted by atomic mass is 15.2. The molecule has 8 rings (SSSR count). The van der Waals surface area contributed by atoms with Gasteiger partial charge in [0.05, 0.1) is 0 Å². The van der Waals surface area contributed by atoms with Crippen LogP contribution in [0.1, 0.15) is 104 Å². The van der Waals surface area contributed by atoms with Crippen molar-refractivity contribution in [2.24, 2.45) is 29.6 Å². The van der Waals surface area contributed by atoms with Crippen molar-refractivity contribution in [3.05, 3.63) is 0 Å². The molecule has 6 heterocycles. The largest absolute Gasteiger partial charge is 0.303 e. The molecule has 9 atom stereocenters. The maximum absolute atomic E-state index is 2.60. The number of hydrogen-bond acceptors (Lipinski definition) is 4. The molecule has 9 unspecified atom stereocenters. The topological polar surface area (TPSA) is 13.0 Å². The Morgan fingerprint density at radius 1 is 0.459 bits per heavy atom. The predicted molar refractivity (Wildman–Crippen MR) is 158 cm³/mol. The van der Waals surface area contributed by atoms with Gasteiger partial charge in [0, 0.05) is 49.3 Å². The number of hydrogen-bond donors (Lipinski definition) is 0. The lowest BCUT2D eigenvalue weighted by Crippen LogP contribution is -2.39. The minimum absolute atomic E-state index is 0.939. The van der Waals surface area contributed by atoms with Gasteiger partial charge in [0.1, 0.15) is 0 Å². The average molecular weight is 515 g/mol. The second-order valence-electron chi connectivity index (χ2n) is 15.2. The maximum Gasteiger partial charge on any atom is 0.0121 e. The van der Waals surface area contributed by atoms with E-state index >= 15 is 0 Å². The van der Waals surface area contributed by atoms with Gasteiger partial charge in [0.2, 0.25) is 0 Å². The Labute approximate surface area is 230 Å². The second-order valence-corrected chi connectivity index (χ2v) is 15.2. The van der Waals surface area contributed by atoms with Crippen molar-refractivity contribution >= 4 is 0 Å². The fourth-order valence-electron chi connectivity index (χ4n) is 10.1. The van der Waals surface area contributed by atoms with E-state index in [1.165, 1.54) is 96.6 Å². The molecule has 8 fully saturated rings. The van der Waals surface area contributed by atoms with E-state index in [0.29, 0.717) is 0 Å². The SMILES string of the molecule is CC1C2CCC1N(C)C2.CC1CC2CCC(C1)N2C.CC1CC2CCC(C1)N2C.CN1CC2CCC1C2. The minimum Gasteiger partial charge on any atom is -0.303 e. The standard InChI is InChI=1S/2C9H17N.C8H15N.C7H13N/c2*1-7-5-8-3-4-9(6-7)10(8)2;1-6-7-3-4-8(6)9(2)5-7;1-8-5-6-2-3-7(8)4-6/h2*7-9H,3-6H2,1-2H3;6-8H,3-5H2,1-2H3;6-7H,2-5H2,1H3. The fourth-order valence-corrected chi connectivity index (χ4v) is 10.1. The van der Waals surface area contributed by atoms with Crippen molar-refractivity contribution in [1.82, 2.24) is 19.6 Å². The number of fused-ring (bicyclic) bond motifs is 8. The molecule has 0 N–H and O–H groups in total. The molecule has 0 amide bonds. The quantitative estimate of drug-likeness (QED) is 0.381. The molecule has 6 aliphatic heterocycles. The molecule has 0 radical (unpaired) electrons. The number of nitrogens with zero attached hydrogens (tertiary/aromatic N) is 4. The van der Waals surface area contributed by atoms with E-state index in [0.717, 1.165) is 65.8 Å². The van der Waals surface area contributed by atoms with Gasteiger partial charge in [-0.25, -0.2) is 0 Å². The van der Waals surface area contributed by atoms with Gasteiger partial charge in [0.15, 0.2) is 0 Å². The molecule has 0 spiro atoms. The Kier molecular flexibility index (Phi) is 9.32. The van der Waals surface area contributed by atoms with Crippen LogP contribution in [-0.4, -0.2) is 97.1 Å². The molecule has 0 aromatic heterocycles. The van der Waals surface area contributed by atoms with Crippen molar-refractivity contribution < 1.29 is 0 Å². The Hall–Kier alpha value is -0.160. The molecule has 0 aromatic rings. The predicted octanol–water partition coefficient (Wildman–Crippen LogP) is 6.21. The summed E-state index contributed by atoms with van der Waals surface area (Å²) in [6.07, 6.45) is 19.1. The van der Waals surface area contributed by atoms with Gasteiger partial charge in [-0.1, -0.05) is 20.8 Å². The molecule has 214 valence electrons. The van der Waals surface area contributed by atoms with Crippen LogP contribution < -0.4 is 0 Å². The van der Waals surface area contributed by atoms with Crippen LogP contribution in [0, 0.1) is 29.6 Å². The van der Waals surface area contributed by atoms with Crippen LogP contribution in [0.3, 0.4) is 0 Å². The average Bonchev–Trinajstić information content (AvgIpc) is 3.67. The lowest BCUT2D eigenvalue weighted by atomic mass is 9.93. The van der Waals surface area contributed by atoms with Crippen LogP contribution in [0.2, 0.25) is 0 Å². The molecule has 0 aromatic carbocycles. The summed E-state index contributed by atoms with van der Waals surface area (Å²) < 4.78 is 0. The van der Waals surface area contributed by atoms with Crippen molar-refractivity contribution in [3.8, 4) is 0 Å². The number of rotatable bonds is 0. The molecule has 2 aliphatic carbocycles. The van der Waals surface area contributed by atoms with Crippen molar-refractivity contribution in [2.45, 2.75) is 140 Å². The van der Waals surface area contributed by atoms with Crippen LogP contribution in [0.5, 0.6) is 0 Å². The molecule has 37 heavy (non-hydrogen) atoms. The molecular weight excluding hydrogens is 452 g/mol. The fraction of sp³-hybridized carbons (Fsp3) is 1.00. The number of likely N-dealkylation sites (tertiary alicyclic amines) is 2. The molecule has 8 aliphatic rings. The van der Waals surface area contributed by atoms with E-state index in [4.69, 9.17) is 0 Å². The van der Waals surface area contributed by atoms with Crippen molar-refractivity contribution in [1.29, 1.82) is 0 Å². The van der Waals surface area contributed by atoms with Crippen LogP contribution in [0.4, 0.5) is 0 Å². The Balaban J connectivity index is 0.000000101. The summed E-state index contributed by atoms with van der Waals surface area (Å²) in [6.45, 7) is 9.96. The molecular formula is C33H62N4. The monoisotopic (exact) mass is 514 g/mol.